The van der Waals surface area contributed by atoms with Gasteiger partial charge in [0, 0.05) is 6.54 Å². The van der Waals surface area contributed by atoms with Gasteiger partial charge in [-0.2, -0.15) is 0 Å². The summed E-state index contributed by atoms with van der Waals surface area (Å²) in [5.41, 5.74) is 0.519. The van der Waals surface area contributed by atoms with Crippen molar-refractivity contribution in [3.05, 3.63) is 30.3 Å². The number of para-hydroxylation sites is 1. The molecular formula is C12H16N2O3. The van der Waals surface area contributed by atoms with Crippen LogP contribution in [-0.2, 0) is 9.63 Å². The Morgan fingerprint density at radius 3 is 2.41 bits per heavy atom. The molecule has 0 heterocycles. The molecule has 1 rings (SSSR count). The van der Waals surface area contributed by atoms with Crippen LogP contribution in [0.3, 0.4) is 0 Å². The minimum absolute atomic E-state index is 0.376. The lowest BCUT2D eigenvalue weighted by atomic mass is 10.3. The summed E-state index contributed by atoms with van der Waals surface area (Å²) in [6.07, 6.45) is 0.485. The van der Waals surface area contributed by atoms with Crippen molar-refractivity contribution >= 4 is 18.1 Å². The summed E-state index contributed by atoms with van der Waals surface area (Å²) in [6.45, 7) is 4.32. The zero-order valence-corrected chi connectivity index (χ0v) is 10.00. The summed E-state index contributed by atoms with van der Waals surface area (Å²) in [4.78, 5) is 29.1. The Balaban J connectivity index is 2.87. The molecule has 1 aromatic carbocycles. The SMILES string of the molecule is CCON(CC)C(=O)N(C=O)c1ccccc1. The quantitative estimate of drug-likeness (QED) is 0.580. The average Bonchev–Trinajstić information content (AvgIpc) is 2.38. The summed E-state index contributed by atoms with van der Waals surface area (Å²) >= 11 is 0. The first-order chi connectivity index (χ1) is 8.24. The summed E-state index contributed by atoms with van der Waals surface area (Å²) in [6, 6.07) is 8.22. The molecule has 5 heteroatoms. The fourth-order valence-corrected chi connectivity index (χ4v) is 1.36. The van der Waals surface area contributed by atoms with Gasteiger partial charge in [-0.05, 0) is 26.0 Å². The van der Waals surface area contributed by atoms with Crippen molar-refractivity contribution in [1.82, 2.24) is 5.06 Å². The normalized spacial score (nSPS) is 9.76. The number of carbonyl (C=O) groups excluding carboxylic acids is 2. The number of amides is 3. The maximum atomic E-state index is 12.0. The number of anilines is 1. The maximum Gasteiger partial charge on any atom is 0.355 e. The van der Waals surface area contributed by atoms with Crippen molar-refractivity contribution in [3.8, 4) is 0 Å². The van der Waals surface area contributed by atoms with E-state index in [2.05, 4.69) is 0 Å². The second-order valence-corrected chi connectivity index (χ2v) is 3.21. The van der Waals surface area contributed by atoms with Crippen molar-refractivity contribution < 1.29 is 14.4 Å². The molecule has 0 fully saturated rings. The predicted molar refractivity (Wildman–Crippen MR) is 64.4 cm³/mol. The molecule has 0 N–H and O–H groups in total. The highest BCUT2D eigenvalue weighted by Crippen LogP contribution is 2.13. The lowest BCUT2D eigenvalue weighted by Crippen LogP contribution is -2.42. The van der Waals surface area contributed by atoms with Gasteiger partial charge in [-0.15, -0.1) is 0 Å². The number of rotatable bonds is 5. The van der Waals surface area contributed by atoms with Crippen molar-refractivity contribution in [1.29, 1.82) is 0 Å². The molecule has 0 spiro atoms. The molecule has 0 aliphatic heterocycles. The van der Waals surface area contributed by atoms with Gasteiger partial charge in [-0.25, -0.2) is 14.8 Å². The van der Waals surface area contributed by atoms with Gasteiger partial charge in [0.05, 0.1) is 12.3 Å². The zero-order valence-electron chi connectivity index (χ0n) is 10.00. The van der Waals surface area contributed by atoms with E-state index in [1.165, 1.54) is 0 Å². The molecule has 0 aromatic heterocycles. The van der Waals surface area contributed by atoms with E-state index in [4.69, 9.17) is 4.84 Å². The molecule has 0 saturated heterocycles. The molecule has 3 amide bonds. The van der Waals surface area contributed by atoms with Crippen LogP contribution in [0, 0.1) is 0 Å². The van der Waals surface area contributed by atoms with Crippen molar-refractivity contribution in [2.24, 2.45) is 0 Å². The van der Waals surface area contributed by atoms with E-state index in [1.54, 1.807) is 38.1 Å². The van der Waals surface area contributed by atoms with Gasteiger partial charge in [0.15, 0.2) is 0 Å². The average molecular weight is 236 g/mol. The van der Waals surface area contributed by atoms with Crippen LogP contribution < -0.4 is 4.90 Å². The number of carbonyl (C=O) groups is 2. The molecule has 5 nitrogen and oxygen atoms in total. The Morgan fingerprint density at radius 1 is 1.29 bits per heavy atom. The molecule has 17 heavy (non-hydrogen) atoms. The van der Waals surface area contributed by atoms with Gasteiger partial charge in [-0.1, -0.05) is 18.2 Å². The predicted octanol–water partition coefficient (Wildman–Crippen LogP) is 2.04. The summed E-state index contributed by atoms with van der Waals surface area (Å²) in [7, 11) is 0. The molecule has 0 atom stereocenters. The van der Waals surface area contributed by atoms with Crippen LogP contribution >= 0.6 is 0 Å². The monoisotopic (exact) mass is 236 g/mol. The van der Waals surface area contributed by atoms with Gasteiger partial charge in [0.1, 0.15) is 0 Å². The number of nitrogens with zero attached hydrogens (tertiary/aromatic N) is 2. The number of hydroxylamine groups is 2. The van der Waals surface area contributed by atoms with Crippen molar-refractivity contribution in [2.75, 3.05) is 18.1 Å². The Morgan fingerprint density at radius 2 is 1.94 bits per heavy atom. The van der Waals surface area contributed by atoms with Gasteiger partial charge in [-0.3, -0.25) is 9.63 Å². The van der Waals surface area contributed by atoms with Gasteiger partial charge in [0.25, 0.3) is 0 Å². The minimum Gasteiger partial charge on any atom is -0.278 e. The Hall–Kier alpha value is -1.88. The van der Waals surface area contributed by atoms with Gasteiger partial charge in [0.2, 0.25) is 6.41 Å². The molecule has 92 valence electrons. The van der Waals surface area contributed by atoms with Crippen LogP contribution in [0.2, 0.25) is 0 Å². The van der Waals surface area contributed by atoms with Gasteiger partial charge < -0.3 is 0 Å². The van der Waals surface area contributed by atoms with E-state index < -0.39 is 6.03 Å². The number of benzene rings is 1. The van der Waals surface area contributed by atoms with Crippen molar-refractivity contribution in [2.45, 2.75) is 13.8 Å². The van der Waals surface area contributed by atoms with Crippen LogP contribution in [0.15, 0.2) is 30.3 Å². The number of hydrogen-bond acceptors (Lipinski definition) is 3. The first-order valence-corrected chi connectivity index (χ1v) is 5.48. The summed E-state index contributed by atoms with van der Waals surface area (Å²) < 4.78 is 0. The van der Waals surface area contributed by atoms with Gasteiger partial charge >= 0.3 is 6.03 Å². The molecule has 0 radical (unpaired) electrons. The van der Waals surface area contributed by atoms with Crippen LogP contribution in [-0.4, -0.2) is 30.7 Å². The van der Waals surface area contributed by atoms with E-state index in [0.717, 1.165) is 9.96 Å². The second-order valence-electron chi connectivity index (χ2n) is 3.21. The Bertz CT molecular complexity index is 367. The molecular weight excluding hydrogens is 220 g/mol. The molecule has 1 aromatic rings. The van der Waals surface area contributed by atoms with E-state index in [0.29, 0.717) is 25.2 Å². The Labute approximate surface area is 101 Å². The lowest BCUT2D eigenvalue weighted by molar-refractivity contribution is -0.114. The highest BCUT2D eigenvalue weighted by Gasteiger charge is 2.21. The third-order valence-electron chi connectivity index (χ3n) is 2.13. The standard InChI is InChI=1S/C12H16N2O3/c1-3-14(17-4-2)12(16)13(10-15)11-8-6-5-7-9-11/h5-10H,3-4H2,1-2H3. The van der Waals surface area contributed by atoms with E-state index in [9.17, 15) is 9.59 Å². The first-order valence-electron chi connectivity index (χ1n) is 5.48. The molecule has 0 aliphatic rings. The number of imide groups is 1. The fraction of sp³-hybridized carbons (Fsp3) is 0.333. The summed E-state index contributed by atoms with van der Waals surface area (Å²) in [5, 5.41) is 1.15. The lowest BCUT2D eigenvalue weighted by Gasteiger charge is -2.24. The third-order valence-corrected chi connectivity index (χ3v) is 2.13. The number of hydrogen-bond donors (Lipinski definition) is 0. The minimum atomic E-state index is -0.490. The van der Waals surface area contributed by atoms with Crippen LogP contribution in [0.4, 0.5) is 10.5 Å². The highest BCUT2D eigenvalue weighted by atomic mass is 16.7. The molecule has 0 aliphatic carbocycles. The summed E-state index contributed by atoms with van der Waals surface area (Å²) in [5.74, 6) is 0. The molecule has 0 saturated carbocycles. The first kappa shape index (κ1) is 13.2. The maximum absolute atomic E-state index is 12.0. The number of urea groups is 1. The zero-order chi connectivity index (χ0) is 12.7. The Kier molecular flexibility index (Phi) is 5.16. The smallest absolute Gasteiger partial charge is 0.278 e. The molecule has 0 bridgehead atoms. The van der Waals surface area contributed by atoms with Crippen LogP contribution in [0.5, 0.6) is 0 Å². The third kappa shape index (κ3) is 3.29. The topological polar surface area (TPSA) is 49.9 Å². The van der Waals surface area contributed by atoms with E-state index in [1.807, 2.05) is 6.07 Å². The van der Waals surface area contributed by atoms with Crippen LogP contribution in [0.1, 0.15) is 13.8 Å². The molecule has 0 unspecified atom stereocenters. The van der Waals surface area contributed by atoms with Crippen molar-refractivity contribution in [3.63, 3.8) is 0 Å². The van der Waals surface area contributed by atoms with E-state index in [-0.39, 0.29) is 0 Å². The van der Waals surface area contributed by atoms with E-state index >= 15 is 0 Å². The highest BCUT2D eigenvalue weighted by molar-refractivity contribution is 6.05. The largest absolute Gasteiger partial charge is 0.355 e. The fourth-order valence-electron chi connectivity index (χ4n) is 1.36. The second kappa shape index (κ2) is 6.65. The van der Waals surface area contributed by atoms with Crippen LogP contribution in [0.25, 0.3) is 0 Å².